The lowest BCUT2D eigenvalue weighted by Gasteiger charge is -2.35. The van der Waals surface area contributed by atoms with E-state index in [0.29, 0.717) is 0 Å². The van der Waals surface area contributed by atoms with Crippen LogP contribution in [0.4, 0.5) is 5.13 Å². The van der Waals surface area contributed by atoms with Crippen LogP contribution < -0.4 is 10.6 Å². The van der Waals surface area contributed by atoms with Gasteiger partial charge in [-0.1, -0.05) is 20.3 Å². The van der Waals surface area contributed by atoms with Crippen molar-refractivity contribution in [2.24, 2.45) is 5.73 Å². The summed E-state index contributed by atoms with van der Waals surface area (Å²) in [5.41, 5.74) is 5.90. The van der Waals surface area contributed by atoms with E-state index < -0.39 is 0 Å². The second-order valence-corrected chi connectivity index (χ2v) is 5.78. The van der Waals surface area contributed by atoms with Crippen molar-refractivity contribution in [3.05, 3.63) is 5.82 Å². The summed E-state index contributed by atoms with van der Waals surface area (Å²) in [6.07, 6.45) is 2.56. The van der Waals surface area contributed by atoms with Crippen molar-refractivity contribution >= 4 is 22.6 Å². The molecule has 1 amide bonds. The van der Waals surface area contributed by atoms with Gasteiger partial charge >= 0.3 is 0 Å². The number of aromatic nitrogens is 2. The standard InChI is InChI=1S/C13H23N5OS/c1-3-5-10(14)12(19)17-6-8-18(9-7-17)13-15-11(4-2)16-20-13/h10H,3-9,14H2,1-2H3. The van der Waals surface area contributed by atoms with Gasteiger partial charge in [0, 0.05) is 44.1 Å². The number of piperazine rings is 1. The van der Waals surface area contributed by atoms with Gasteiger partial charge in [0.05, 0.1) is 6.04 Å². The summed E-state index contributed by atoms with van der Waals surface area (Å²) in [6.45, 7) is 7.16. The van der Waals surface area contributed by atoms with E-state index in [9.17, 15) is 4.79 Å². The fourth-order valence-electron chi connectivity index (χ4n) is 2.30. The molecule has 7 heteroatoms. The van der Waals surface area contributed by atoms with Crippen LogP contribution in [0.3, 0.4) is 0 Å². The minimum Gasteiger partial charge on any atom is -0.343 e. The average Bonchev–Trinajstić information content (AvgIpc) is 2.96. The molecule has 1 aromatic rings. The van der Waals surface area contributed by atoms with Gasteiger partial charge in [-0.3, -0.25) is 4.79 Å². The summed E-state index contributed by atoms with van der Waals surface area (Å²) >= 11 is 1.44. The van der Waals surface area contributed by atoms with E-state index in [1.807, 2.05) is 11.8 Å². The van der Waals surface area contributed by atoms with Crippen LogP contribution in [0.1, 0.15) is 32.5 Å². The Morgan fingerprint density at radius 3 is 2.60 bits per heavy atom. The van der Waals surface area contributed by atoms with Crippen LogP contribution in [0.15, 0.2) is 0 Å². The molecule has 2 N–H and O–H groups in total. The maximum absolute atomic E-state index is 12.1. The van der Waals surface area contributed by atoms with Crippen LogP contribution in [0, 0.1) is 0 Å². The maximum Gasteiger partial charge on any atom is 0.239 e. The Bertz CT molecular complexity index is 442. The third-order valence-electron chi connectivity index (χ3n) is 3.55. The second kappa shape index (κ2) is 6.99. The fourth-order valence-corrected chi connectivity index (χ4v) is 3.11. The maximum atomic E-state index is 12.1. The molecular weight excluding hydrogens is 274 g/mol. The van der Waals surface area contributed by atoms with Gasteiger partial charge in [0.15, 0.2) is 0 Å². The van der Waals surface area contributed by atoms with Crippen molar-refractivity contribution < 1.29 is 4.79 Å². The zero-order valence-corrected chi connectivity index (χ0v) is 13.0. The minimum atomic E-state index is -0.347. The molecule has 1 saturated heterocycles. The number of carbonyl (C=O) groups excluding carboxylic acids is 1. The Hall–Kier alpha value is -1.21. The number of aryl methyl sites for hydroxylation is 1. The molecule has 0 spiro atoms. The van der Waals surface area contributed by atoms with Crippen LogP contribution in [0.2, 0.25) is 0 Å². The van der Waals surface area contributed by atoms with Gasteiger partial charge in [0.25, 0.3) is 0 Å². The number of rotatable bonds is 5. The van der Waals surface area contributed by atoms with Gasteiger partial charge in [0.1, 0.15) is 5.82 Å². The molecule has 0 radical (unpaired) electrons. The first-order chi connectivity index (χ1) is 9.65. The van der Waals surface area contributed by atoms with Crippen molar-refractivity contribution in [3.8, 4) is 0 Å². The SMILES string of the molecule is CCCC(N)C(=O)N1CCN(c2nc(CC)ns2)CC1. The third-order valence-corrected chi connectivity index (χ3v) is 4.37. The van der Waals surface area contributed by atoms with E-state index in [2.05, 4.69) is 21.2 Å². The fraction of sp³-hybridized carbons (Fsp3) is 0.769. The van der Waals surface area contributed by atoms with Crippen molar-refractivity contribution in [1.29, 1.82) is 0 Å². The van der Waals surface area contributed by atoms with Crippen LogP contribution in [0.5, 0.6) is 0 Å². The Labute approximate surface area is 124 Å². The topological polar surface area (TPSA) is 75.4 Å². The molecule has 1 atom stereocenters. The predicted octanol–water partition coefficient (Wildman–Crippen LogP) is 0.877. The molecule has 0 bridgehead atoms. The summed E-state index contributed by atoms with van der Waals surface area (Å²) in [4.78, 5) is 20.7. The van der Waals surface area contributed by atoms with E-state index in [-0.39, 0.29) is 11.9 Å². The van der Waals surface area contributed by atoms with Crippen LogP contribution >= 0.6 is 11.5 Å². The van der Waals surface area contributed by atoms with E-state index in [4.69, 9.17) is 5.73 Å². The molecule has 2 rings (SSSR count). The number of amides is 1. The monoisotopic (exact) mass is 297 g/mol. The highest BCUT2D eigenvalue weighted by atomic mass is 32.1. The van der Waals surface area contributed by atoms with E-state index in [0.717, 1.165) is 56.4 Å². The minimum absolute atomic E-state index is 0.0815. The molecule has 112 valence electrons. The van der Waals surface area contributed by atoms with Crippen molar-refractivity contribution in [2.75, 3.05) is 31.1 Å². The third kappa shape index (κ3) is 3.46. The first kappa shape index (κ1) is 15.2. The summed E-state index contributed by atoms with van der Waals surface area (Å²) in [5.74, 6) is 0.978. The molecule has 1 aliphatic heterocycles. The second-order valence-electron chi connectivity index (χ2n) is 5.05. The smallest absolute Gasteiger partial charge is 0.239 e. The van der Waals surface area contributed by atoms with Gasteiger partial charge in [-0.05, 0) is 6.42 Å². The normalized spacial score (nSPS) is 17.4. The van der Waals surface area contributed by atoms with Gasteiger partial charge in [-0.25, -0.2) is 4.98 Å². The Balaban J connectivity index is 1.87. The molecule has 1 unspecified atom stereocenters. The highest BCUT2D eigenvalue weighted by molar-refractivity contribution is 7.09. The summed E-state index contributed by atoms with van der Waals surface area (Å²) in [5, 5.41) is 0.965. The largest absolute Gasteiger partial charge is 0.343 e. The number of anilines is 1. The van der Waals surface area contributed by atoms with Crippen molar-refractivity contribution in [2.45, 2.75) is 39.2 Å². The lowest BCUT2D eigenvalue weighted by Crippen LogP contribution is -2.53. The zero-order chi connectivity index (χ0) is 14.5. The molecule has 0 saturated carbocycles. The zero-order valence-electron chi connectivity index (χ0n) is 12.2. The highest BCUT2D eigenvalue weighted by Gasteiger charge is 2.26. The number of nitrogens with zero attached hydrogens (tertiary/aromatic N) is 4. The van der Waals surface area contributed by atoms with Crippen molar-refractivity contribution in [3.63, 3.8) is 0 Å². The number of hydrogen-bond donors (Lipinski definition) is 1. The van der Waals surface area contributed by atoms with E-state index in [1.54, 1.807) is 0 Å². The Morgan fingerprint density at radius 2 is 2.05 bits per heavy atom. The first-order valence-electron chi connectivity index (χ1n) is 7.27. The molecule has 1 fully saturated rings. The summed E-state index contributed by atoms with van der Waals surface area (Å²) < 4.78 is 4.30. The Morgan fingerprint density at radius 1 is 1.35 bits per heavy atom. The van der Waals surface area contributed by atoms with Crippen LogP contribution in [-0.4, -0.2) is 52.4 Å². The molecule has 0 aliphatic carbocycles. The average molecular weight is 297 g/mol. The predicted molar refractivity (Wildman–Crippen MR) is 81.0 cm³/mol. The van der Waals surface area contributed by atoms with Gasteiger partial charge in [0.2, 0.25) is 11.0 Å². The lowest BCUT2D eigenvalue weighted by atomic mass is 10.1. The molecule has 0 aromatic carbocycles. The van der Waals surface area contributed by atoms with E-state index >= 15 is 0 Å². The molecule has 1 aliphatic rings. The van der Waals surface area contributed by atoms with Crippen LogP contribution in [0.25, 0.3) is 0 Å². The number of nitrogens with two attached hydrogens (primary N) is 1. The van der Waals surface area contributed by atoms with Gasteiger partial charge in [-0.15, -0.1) is 0 Å². The van der Waals surface area contributed by atoms with Crippen LogP contribution in [-0.2, 0) is 11.2 Å². The molecule has 6 nitrogen and oxygen atoms in total. The highest BCUT2D eigenvalue weighted by Crippen LogP contribution is 2.19. The molecule has 20 heavy (non-hydrogen) atoms. The van der Waals surface area contributed by atoms with E-state index in [1.165, 1.54) is 11.5 Å². The summed E-state index contributed by atoms with van der Waals surface area (Å²) in [7, 11) is 0. The molecule has 1 aromatic heterocycles. The first-order valence-corrected chi connectivity index (χ1v) is 8.05. The van der Waals surface area contributed by atoms with Crippen molar-refractivity contribution in [1.82, 2.24) is 14.3 Å². The number of carbonyl (C=O) groups is 1. The number of hydrogen-bond acceptors (Lipinski definition) is 6. The van der Waals surface area contributed by atoms with Gasteiger partial charge in [-0.2, -0.15) is 4.37 Å². The Kier molecular flexibility index (Phi) is 5.31. The molecule has 2 heterocycles. The summed E-state index contributed by atoms with van der Waals surface area (Å²) in [6, 6.07) is -0.347. The van der Waals surface area contributed by atoms with Gasteiger partial charge < -0.3 is 15.5 Å². The molecular formula is C13H23N5OS. The lowest BCUT2D eigenvalue weighted by molar-refractivity contribution is -0.133. The quantitative estimate of drug-likeness (QED) is 0.873.